The third kappa shape index (κ3) is 5.38. The molecule has 0 aromatic carbocycles. The molecule has 0 spiro atoms. The van der Waals surface area contributed by atoms with Gasteiger partial charge in [-0.1, -0.05) is 20.8 Å². The number of carbonyl (C=O) groups excluding carboxylic acids is 2. The molecule has 22 heavy (non-hydrogen) atoms. The van der Waals surface area contributed by atoms with Gasteiger partial charge in [0.25, 0.3) is 0 Å². The Morgan fingerprint density at radius 3 is 2.73 bits per heavy atom. The minimum atomic E-state index is -0.467. The summed E-state index contributed by atoms with van der Waals surface area (Å²) in [6.07, 6.45) is 1.67. The lowest BCUT2D eigenvalue weighted by atomic mass is 10.1. The molecule has 0 fully saturated rings. The number of amides is 2. The molecule has 7 heteroatoms. The predicted octanol–water partition coefficient (Wildman–Crippen LogP) is 1.96. The zero-order valence-electron chi connectivity index (χ0n) is 13.7. The molecule has 0 radical (unpaired) electrons. The molecule has 124 valence electrons. The van der Waals surface area contributed by atoms with Crippen LogP contribution in [0.2, 0.25) is 0 Å². The van der Waals surface area contributed by atoms with Crippen LogP contribution >= 0.6 is 11.3 Å². The Hall–Kier alpha value is -1.47. The topological polar surface area (TPSA) is 88.3 Å². The molecular formula is C15H26N4O2S. The number of rotatable bonds is 8. The first-order valence-corrected chi connectivity index (χ1v) is 8.38. The van der Waals surface area contributed by atoms with Crippen molar-refractivity contribution >= 4 is 23.7 Å². The number of urea groups is 1. The Morgan fingerprint density at radius 1 is 1.50 bits per heavy atom. The average molecular weight is 326 g/mol. The van der Waals surface area contributed by atoms with Crippen molar-refractivity contribution in [2.45, 2.75) is 45.7 Å². The second-order valence-corrected chi connectivity index (χ2v) is 6.76. The quantitative estimate of drug-likeness (QED) is 0.715. The number of nitrogens with two attached hydrogens (primary N) is 1. The zero-order chi connectivity index (χ0) is 16.7. The molecule has 0 saturated carbocycles. The van der Waals surface area contributed by atoms with Gasteiger partial charge in [0.05, 0.1) is 23.3 Å². The van der Waals surface area contributed by atoms with E-state index in [0.29, 0.717) is 19.0 Å². The number of nitrogens with one attached hydrogen (secondary N) is 1. The molecule has 1 unspecified atom stereocenters. The normalized spacial score (nSPS) is 13.7. The smallest absolute Gasteiger partial charge is 0.318 e. The molecule has 0 saturated heterocycles. The number of aromatic nitrogens is 1. The summed E-state index contributed by atoms with van der Waals surface area (Å²) in [5, 5.41) is 5.72. The SMILES string of the molecule is CC(CCN)c1nc(CN(C)C(=O)N[C@H](C=O)C(C)C)cs1. The molecule has 3 N–H and O–H groups in total. The Kier molecular flexibility index (Phi) is 7.47. The van der Waals surface area contributed by atoms with Gasteiger partial charge in [-0.15, -0.1) is 11.3 Å². The van der Waals surface area contributed by atoms with E-state index in [-0.39, 0.29) is 11.9 Å². The molecular weight excluding hydrogens is 300 g/mol. The molecule has 2 atom stereocenters. The fourth-order valence-corrected chi connectivity index (χ4v) is 2.82. The van der Waals surface area contributed by atoms with E-state index in [2.05, 4.69) is 17.2 Å². The van der Waals surface area contributed by atoms with E-state index in [4.69, 9.17) is 5.73 Å². The van der Waals surface area contributed by atoms with Gasteiger partial charge in [-0.25, -0.2) is 9.78 Å². The van der Waals surface area contributed by atoms with Gasteiger partial charge in [-0.3, -0.25) is 0 Å². The zero-order valence-corrected chi connectivity index (χ0v) is 14.5. The highest BCUT2D eigenvalue weighted by Gasteiger charge is 2.18. The fourth-order valence-electron chi connectivity index (χ4n) is 1.92. The molecule has 6 nitrogen and oxygen atoms in total. The van der Waals surface area contributed by atoms with Crippen molar-refractivity contribution in [1.82, 2.24) is 15.2 Å². The molecule has 0 aliphatic rings. The maximum absolute atomic E-state index is 12.1. The lowest BCUT2D eigenvalue weighted by Crippen LogP contribution is -2.45. The van der Waals surface area contributed by atoms with Crippen LogP contribution in [0.4, 0.5) is 4.79 Å². The maximum atomic E-state index is 12.1. The summed E-state index contributed by atoms with van der Waals surface area (Å²) in [4.78, 5) is 29.1. The van der Waals surface area contributed by atoms with E-state index in [1.54, 1.807) is 18.4 Å². The molecule has 1 aromatic rings. The highest BCUT2D eigenvalue weighted by molar-refractivity contribution is 7.09. The minimum Gasteiger partial charge on any atom is -0.330 e. The van der Waals surface area contributed by atoms with Gasteiger partial charge in [0, 0.05) is 18.3 Å². The molecule has 1 aromatic heterocycles. The first-order chi connectivity index (χ1) is 10.4. The number of hydrogen-bond donors (Lipinski definition) is 2. The van der Waals surface area contributed by atoms with Crippen LogP contribution in [0.3, 0.4) is 0 Å². The second kappa shape index (κ2) is 8.85. The van der Waals surface area contributed by atoms with E-state index in [9.17, 15) is 9.59 Å². The summed E-state index contributed by atoms with van der Waals surface area (Å²) in [7, 11) is 1.69. The van der Waals surface area contributed by atoms with E-state index in [1.165, 1.54) is 4.90 Å². The Bertz CT molecular complexity index is 490. The van der Waals surface area contributed by atoms with Gasteiger partial charge < -0.3 is 20.7 Å². The number of hydrogen-bond acceptors (Lipinski definition) is 5. The van der Waals surface area contributed by atoms with Crippen molar-refractivity contribution in [3.05, 3.63) is 16.1 Å². The van der Waals surface area contributed by atoms with Gasteiger partial charge in [-0.05, 0) is 18.9 Å². The molecule has 0 aliphatic heterocycles. The van der Waals surface area contributed by atoms with Crippen LogP contribution in [-0.4, -0.2) is 41.8 Å². The number of thiazole rings is 1. The molecule has 2 amide bonds. The fraction of sp³-hybridized carbons (Fsp3) is 0.667. The van der Waals surface area contributed by atoms with Crippen LogP contribution in [0.1, 0.15) is 43.8 Å². The number of carbonyl (C=O) groups is 2. The highest BCUT2D eigenvalue weighted by atomic mass is 32.1. The van der Waals surface area contributed by atoms with Crippen molar-refractivity contribution in [1.29, 1.82) is 0 Å². The summed E-state index contributed by atoms with van der Waals surface area (Å²) in [6.45, 7) is 6.95. The van der Waals surface area contributed by atoms with E-state index < -0.39 is 6.04 Å². The Balaban J connectivity index is 2.59. The summed E-state index contributed by atoms with van der Waals surface area (Å²) < 4.78 is 0. The van der Waals surface area contributed by atoms with Gasteiger partial charge >= 0.3 is 6.03 Å². The van der Waals surface area contributed by atoms with Crippen molar-refractivity contribution in [2.75, 3.05) is 13.6 Å². The Labute approximate surface area is 136 Å². The molecule has 0 bridgehead atoms. The predicted molar refractivity (Wildman–Crippen MR) is 88.9 cm³/mol. The highest BCUT2D eigenvalue weighted by Crippen LogP contribution is 2.22. The van der Waals surface area contributed by atoms with Crippen molar-refractivity contribution < 1.29 is 9.59 Å². The summed E-state index contributed by atoms with van der Waals surface area (Å²) in [5.41, 5.74) is 6.42. The van der Waals surface area contributed by atoms with Crippen LogP contribution in [-0.2, 0) is 11.3 Å². The van der Waals surface area contributed by atoms with Crippen LogP contribution in [0.5, 0.6) is 0 Å². The number of nitrogens with zero attached hydrogens (tertiary/aromatic N) is 2. The van der Waals surface area contributed by atoms with E-state index >= 15 is 0 Å². The third-order valence-electron chi connectivity index (χ3n) is 3.49. The molecule has 0 aliphatic carbocycles. The van der Waals surface area contributed by atoms with Crippen molar-refractivity contribution in [3.63, 3.8) is 0 Å². The van der Waals surface area contributed by atoms with E-state index in [0.717, 1.165) is 23.4 Å². The number of aldehydes is 1. The van der Waals surface area contributed by atoms with Gasteiger partial charge in [0.2, 0.25) is 0 Å². The van der Waals surface area contributed by atoms with Crippen molar-refractivity contribution in [3.8, 4) is 0 Å². The molecule has 1 rings (SSSR count). The third-order valence-corrected chi connectivity index (χ3v) is 4.62. The Morgan fingerprint density at radius 2 is 2.18 bits per heavy atom. The maximum Gasteiger partial charge on any atom is 0.318 e. The first-order valence-electron chi connectivity index (χ1n) is 7.50. The standard InChI is InChI=1S/C15H26N4O2S/c1-10(2)13(8-20)18-15(21)19(4)7-12-9-22-14(17-12)11(3)5-6-16/h8-11,13H,5-7,16H2,1-4H3,(H,18,21)/t11?,13-/m1/s1. The van der Waals surface area contributed by atoms with E-state index in [1.807, 2.05) is 19.2 Å². The lowest BCUT2D eigenvalue weighted by Gasteiger charge is -2.22. The van der Waals surface area contributed by atoms with Crippen LogP contribution in [0.25, 0.3) is 0 Å². The summed E-state index contributed by atoms with van der Waals surface area (Å²) in [5.74, 6) is 0.404. The second-order valence-electron chi connectivity index (χ2n) is 5.87. The van der Waals surface area contributed by atoms with Crippen LogP contribution in [0.15, 0.2) is 5.38 Å². The van der Waals surface area contributed by atoms with Crippen molar-refractivity contribution in [2.24, 2.45) is 11.7 Å². The molecule has 1 heterocycles. The summed E-state index contributed by atoms with van der Waals surface area (Å²) in [6, 6.07) is -0.735. The average Bonchev–Trinajstić information content (AvgIpc) is 2.92. The van der Waals surface area contributed by atoms with Crippen LogP contribution in [0, 0.1) is 5.92 Å². The van der Waals surface area contributed by atoms with Crippen LogP contribution < -0.4 is 11.1 Å². The van der Waals surface area contributed by atoms with Gasteiger partial charge in [0.15, 0.2) is 0 Å². The monoisotopic (exact) mass is 326 g/mol. The largest absolute Gasteiger partial charge is 0.330 e. The lowest BCUT2D eigenvalue weighted by molar-refractivity contribution is -0.110. The minimum absolute atomic E-state index is 0.0674. The van der Waals surface area contributed by atoms with Gasteiger partial charge in [0.1, 0.15) is 6.29 Å². The van der Waals surface area contributed by atoms with Gasteiger partial charge in [-0.2, -0.15) is 0 Å². The summed E-state index contributed by atoms with van der Waals surface area (Å²) >= 11 is 1.59. The first kappa shape index (κ1) is 18.6.